The van der Waals surface area contributed by atoms with Gasteiger partial charge in [-0.1, -0.05) is 28.9 Å². The molecule has 0 amide bonds. The van der Waals surface area contributed by atoms with Gasteiger partial charge in [0, 0.05) is 44.5 Å². The molecule has 0 bridgehead atoms. The molecular weight excluding hydrogens is 456 g/mol. The largest absolute Gasteiger partial charge is 0.356 e. The topological polar surface area (TPSA) is 59.2 Å². The minimum atomic E-state index is 0.128. The zero-order valence-electron chi connectivity index (χ0n) is 18.6. The lowest BCUT2D eigenvalue weighted by atomic mass is 9.96. The van der Waals surface area contributed by atoms with Crippen LogP contribution in [0, 0.1) is 5.92 Å². The van der Waals surface area contributed by atoms with E-state index in [1.54, 1.807) is 6.33 Å². The molecule has 0 radical (unpaired) electrons. The molecule has 8 heteroatoms. The van der Waals surface area contributed by atoms with Crippen LogP contribution in [0.2, 0.25) is 0 Å². The fourth-order valence-corrected chi connectivity index (χ4v) is 5.93. The first kappa shape index (κ1) is 20.8. The standard InChI is InChI=1S/C23H31BrN6O/c1-15-7-8-18-19(13-15)30(23(31)27(18)2)16-9-11-29(12-10-16)22-17-5-4-6-20(24)28(3)21(17)25-14-26-22/h7-8,14-16,20H,4-6,9-13H2,1-3H3. The summed E-state index contributed by atoms with van der Waals surface area (Å²) in [5.41, 5.74) is 3.68. The van der Waals surface area contributed by atoms with Crippen LogP contribution in [0.15, 0.2) is 17.2 Å². The van der Waals surface area contributed by atoms with Gasteiger partial charge in [-0.2, -0.15) is 0 Å². The lowest BCUT2D eigenvalue weighted by Gasteiger charge is -2.35. The summed E-state index contributed by atoms with van der Waals surface area (Å²) in [5, 5.41) is 0. The molecule has 0 spiro atoms. The second-order valence-electron chi connectivity index (χ2n) is 9.24. The highest BCUT2D eigenvalue weighted by Gasteiger charge is 2.31. The van der Waals surface area contributed by atoms with E-state index in [1.807, 2.05) is 11.6 Å². The maximum Gasteiger partial charge on any atom is 0.328 e. The van der Waals surface area contributed by atoms with Crippen LogP contribution in [-0.2, 0) is 19.9 Å². The van der Waals surface area contributed by atoms with Gasteiger partial charge in [0.05, 0.1) is 10.6 Å². The molecule has 2 unspecified atom stereocenters. The Labute approximate surface area is 191 Å². The van der Waals surface area contributed by atoms with E-state index < -0.39 is 0 Å². The molecule has 2 atom stereocenters. The van der Waals surface area contributed by atoms with Crippen molar-refractivity contribution in [3.63, 3.8) is 0 Å². The summed E-state index contributed by atoms with van der Waals surface area (Å²) < 4.78 is 3.91. The number of aromatic nitrogens is 4. The fourth-order valence-electron chi connectivity index (χ4n) is 5.42. The van der Waals surface area contributed by atoms with Gasteiger partial charge >= 0.3 is 5.69 Å². The molecule has 5 rings (SSSR count). The Kier molecular flexibility index (Phi) is 5.44. The summed E-state index contributed by atoms with van der Waals surface area (Å²) in [6.45, 7) is 4.05. The van der Waals surface area contributed by atoms with Crippen molar-refractivity contribution in [3.8, 4) is 0 Å². The molecule has 31 heavy (non-hydrogen) atoms. The van der Waals surface area contributed by atoms with Crippen molar-refractivity contribution < 1.29 is 0 Å². The molecule has 0 aromatic carbocycles. The number of halogens is 1. The zero-order chi connectivity index (χ0) is 21.7. The van der Waals surface area contributed by atoms with Gasteiger partial charge in [0.2, 0.25) is 0 Å². The van der Waals surface area contributed by atoms with E-state index in [9.17, 15) is 4.79 Å². The van der Waals surface area contributed by atoms with E-state index in [0.29, 0.717) is 10.9 Å². The number of allylic oxidation sites excluding steroid dienone is 1. The van der Waals surface area contributed by atoms with E-state index >= 15 is 0 Å². The van der Waals surface area contributed by atoms with E-state index in [4.69, 9.17) is 4.98 Å². The van der Waals surface area contributed by atoms with Crippen molar-refractivity contribution in [1.29, 1.82) is 0 Å². The van der Waals surface area contributed by atoms with E-state index in [0.717, 1.165) is 68.9 Å². The SMILES string of the molecule is CC1C=Cc2c(n(C3CCN(c4ncnc5c4CCCC(Br)N5C)CC3)c(=O)n2C)C1. The lowest BCUT2D eigenvalue weighted by Crippen LogP contribution is -2.39. The average molecular weight is 487 g/mol. The summed E-state index contributed by atoms with van der Waals surface area (Å²) in [6.07, 6.45) is 12.1. The maximum atomic E-state index is 13.1. The Morgan fingerprint density at radius 3 is 2.61 bits per heavy atom. The Morgan fingerprint density at radius 1 is 1.10 bits per heavy atom. The number of hydrogen-bond donors (Lipinski definition) is 0. The van der Waals surface area contributed by atoms with Crippen molar-refractivity contribution in [2.45, 2.75) is 56.4 Å². The van der Waals surface area contributed by atoms with Crippen LogP contribution < -0.4 is 15.5 Å². The highest BCUT2D eigenvalue weighted by atomic mass is 79.9. The highest BCUT2D eigenvalue weighted by Crippen LogP contribution is 2.36. The molecule has 1 aliphatic carbocycles. The first-order valence-corrected chi connectivity index (χ1v) is 12.3. The molecule has 2 aromatic heterocycles. The van der Waals surface area contributed by atoms with Gasteiger partial charge in [0.15, 0.2) is 0 Å². The summed E-state index contributed by atoms with van der Waals surface area (Å²) in [4.78, 5) is 27.3. The van der Waals surface area contributed by atoms with Gasteiger partial charge in [-0.25, -0.2) is 14.8 Å². The Hall–Kier alpha value is -2.09. The second-order valence-corrected chi connectivity index (χ2v) is 10.3. The molecule has 1 saturated heterocycles. The smallest absolute Gasteiger partial charge is 0.328 e. The number of imidazole rings is 1. The minimum Gasteiger partial charge on any atom is -0.356 e. The molecular formula is C23H31BrN6O. The lowest BCUT2D eigenvalue weighted by molar-refractivity contribution is 0.373. The number of fused-ring (bicyclic) bond motifs is 2. The monoisotopic (exact) mass is 486 g/mol. The van der Waals surface area contributed by atoms with Gasteiger partial charge in [-0.05, 0) is 50.5 Å². The van der Waals surface area contributed by atoms with Gasteiger partial charge in [-0.15, -0.1) is 0 Å². The summed E-state index contributed by atoms with van der Waals surface area (Å²) >= 11 is 3.78. The Bertz CT molecular complexity index is 1060. The Morgan fingerprint density at radius 2 is 1.84 bits per heavy atom. The number of hydrogen-bond acceptors (Lipinski definition) is 5. The molecule has 2 aromatic rings. The van der Waals surface area contributed by atoms with Gasteiger partial charge in [0.25, 0.3) is 0 Å². The predicted molar refractivity (Wildman–Crippen MR) is 128 cm³/mol. The van der Waals surface area contributed by atoms with Crippen LogP contribution in [0.25, 0.3) is 6.08 Å². The average Bonchev–Trinajstić information content (AvgIpc) is 2.92. The number of anilines is 2. The van der Waals surface area contributed by atoms with Crippen molar-refractivity contribution in [1.82, 2.24) is 19.1 Å². The third-order valence-electron chi connectivity index (χ3n) is 7.19. The number of rotatable bonds is 2. The first-order valence-electron chi connectivity index (χ1n) is 11.4. The predicted octanol–water partition coefficient (Wildman–Crippen LogP) is 3.52. The van der Waals surface area contributed by atoms with Crippen LogP contribution in [0.5, 0.6) is 0 Å². The van der Waals surface area contributed by atoms with Gasteiger partial charge in [0.1, 0.15) is 18.0 Å². The third kappa shape index (κ3) is 3.52. The van der Waals surface area contributed by atoms with E-state index in [-0.39, 0.29) is 11.7 Å². The van der Waals surface area contributed by atoms with Crippen LogP contribution in [0.1, 0.15) is 55.6 Å². The number of nitrogens with zero attached hydrogens (tertiary/aromatic N) is 6. The Balaban J connectivity index is 1.40. The van der Waals surface area contributed by atoms with Crippen molar-refractivity contribution in [2.24, 2.45) is 13.0 Å². The van der Waals surface area contributed by atoms with Crippen LogP contribution in [0.4, 0.5) is 11.6 Å². The summed E-state index contributed by atoms with van der Waals surface area (Å²) in [7, 11) is 4.00. The molecule has 7 nitrogen and oxygen atoms in total. The minimum absolute atomic E-state index is 0.128. The molecule has 166 valence electrons. The highest BCUT2D eigenvalue weighted by molar-refractivity contribution is 9.09. The zero-order valence-corrected chi connectivity index (χ0v) is 20.2. The third-order valence-corrected chi connectivity index (χ3v) is 8.26. The molecule has 4 heterocycles. The summed E-state index contributed by atoms with van der Waals surface area (Å²) in [5.74, 6) is 2.60. The van der Waals surface area contributed by atoms with Gasteiger partial charge < -0.3 is 9.80 Å². The molecule has 3 aliphatic rings. The van der Waals surface area contributed by atoms with Crippen molar-refractivity contribution in [2.75, 3.05) is 29.9 Å². The molecule has 2 aliphatic heterocycles. The van der Waals surface area contributed by atoms with E-state index in [1.165, 1.54) is 11.3 Å². The maximum absolute atomic E-state index is 13.1. The van der Waals surface area contributed by atoms with Crippen molar-refractivity contribution in [3.05, 3.63) is 39.8 Å². The molecule has 0 saturated carbocycles. The van der Waals surface area contributed by atoms with E-state index in [2.05, 4.69) is 61.4 Å². The van der Waals surface area contributed by atoms with Crippen molar-refractivity contribution >= 4 is 33.6 Å². The fraction of sp³-hybridized carbons (Fsp3) is 0.609. The quantitative estimate of drug-likeness (QED) is 0.480. The number of piperidine rings is 1. The molecule has 1 fully saturated rings. The van der Waals surface area contributed by atoms with Crippen LogP contribution >= 0.6 is 15.9 Å². The van der Waals surface area contributed by atoms with Crippen LogP contribution in [-0.4, -0.2) is 44.2 Å². The number of alkyl halides is 1. The van der Waals surface area contributed by atoms with Gasteiger partial charge in [-0.3, -0.25) is 9.13 Å². The summed E-state index contributed by atoms with van der Waals surface area (Å²) in [6, 6.07) is 0.257. The first-order chi connectivity index (χ1) is 15.0. The molecule has 0 N–H and O–H groups in total. The normalized spacial score (nSPS) is 24.1. The van der Waals surface area contributed by atoms with Crippen LogP contribution in [0.3, 0.4) is 0 Å². The second kappa shape index (κ2) is 8.11.